The van der Waals surface area contributed by atoms with Crippen molar-refractivity contribution in [1.82, 2.24) is 4.98 Å². The van der Waals surface area contributed by atoms with Gasteiger partial charge in [-0.15, -0.1) is 29.1 Å². The fourth-order valence-electron chi connectivity index (χ4n) is 7.19. The number of aromatic nitrogens is 1. The van der Waals surface area contributed by atoms with E-state index in [1.54, 1.807) is 0 Å². The Labute approximate surface area is 339 Å². The quantitative estimate of drug-likeness (QED) is 0.0815. The number of nitrogens with zero attached hydrogens (tertiary/aromatic N) is 1. The van der Waals surface area contributed by atoms with Crippen LogP contribution in [0.15, 0.2) is 71.0 Å². The summed E-state index contributed by atoms with van der Waals surface area (Å²) in [5.74, 6) is 0.913. The second-order valence-electron chi connectivity index (χ2n) is 17.2. The summed E-state index contributed by atoms with van der Waals surface area (Å²) >= 11 is 0. The molecule has 1 N–H and O–H groups in total. The molecule has 54 heavy (non-hydrogen) atoms. The number of carbonyl (C=O) groups is 1. The van der Waals surface area contributed by atoms with Crippen LogP contribution in [0.5, 0.6) is 0 Å². The first-order chi connectivity index (χ1) is 24.8. The number of benzene rings is 3. The van der Waals surface area contributed by atoms with Crippen LogP contribution in [-0.4, -0.2) is 15.9 Å². The Morgan fingerprint density at radius 3 is 1.96 bits per heavy atom. The Kier molecular flexibility index (Phi) is 14.9. The van der Waals surface area contributed by atoms with Crippen LogP contribution in [0, 0.1) is 43.6 Å². The Morgan fingerprint density at radius 1 is 0.852 bits per heavy atom. The SMILES string of the molecule is CCC(C)(CC)C(=O)/C=C(\O)C(C)(CC)CC.Cc1cc(CC(C)C)cc(C)c1-c1cc(-c2[c-]c3ccccc3c(C(C)(C)C)c2)nc2c(C)coc12.[Ir]. The van der Waals surface area contributed by atoms with Crippen LogP contribution in [0.2, 0.25) is 0 Å². The molecule has 3 aromatic carbocycles. The van der Waals surface area contributed by atoms with Gasteiger partial charge < -0.3 is 9.52 Å². The molecule has 0 atom stereocenters. The summed E-state index contributed by atoms with van der Waals surface area (Å²) in [5, 5.41) is 12.5. The number of pyridine rings is 1. The maximum Gasteiger partial charge on any atom is 0.164 e. The Balaban J connectivity index is 0.000000372. The van der Waals surface area contributed by atoms with E-state index < -0.39 is 0 Å². The van der Waals surface area contributed by atoms with Gasteiger partial charge in [0.25, 0.3) is 0 Å². The van der Waals surface area contributed by atoms with Gasteiger partial charge in [0.2, 0.25) is 0 Å². The zero-order chi connectivity index (χ0) is 39.5. The molecule has 2 heterocycles. The van der Waals surface area contributed by atoms with Gasteiger partial charge in [0.1, 0.15) is 11.3 Å². The fourth-order valence-corrected chi connectivity index (χ4v) is 7.19. The summed E-state index contributed by atoms with van der Waals surface area (Å²) in [6.45, 7) is 29.9. The van der Waals surface area contributed by atoms with Crippen molar-refractivity contribution in [2.24, 2.45) is 16.7 Å². The summed E-state index contributed by atoms with van der Waals surface area (Å²) in [6.07, 6.45) is 7.66. The molecule has 0 bridgehead atoms. The summed E-state index contributed by atoms with van der Waals surface area (Å²) in [5.41, 5.74) is 11.8. The number of aliphatic hydroxyl groups is 1. The van der Waals surface area contributed by atoms with E-state index in [9.17, 15) is 9.90 Å². The Bertz CT molecular complexity index is 2080. The van der Waals surface area contributed by atoms with E-state index in [2.05, 4.69) is 110 Å². The topological polar surface area (TPSA) is 63.3 Å². The van der Waals surface area contributed by atoms with Crippen LogP contribution in [0.25, 0.3) is 44.3 Å². The molecule has 2 aromatic heterocycles. The normalized spacial score (nSPS) is 12.5. The average molecular weight is 907 g/mol. The van der Waals surface area contributed by atoms with Gasteiger partial charge in [-0.1, -0.05) is 124 Å². The fraction of sp³-hybridized carbons (Fsp3) is 0.469. The molecule has 0 spiro atoms. The molecule has 5 heteroatoms. The smallest absolute Gasteiger partial charge is 0.164 e. The van der Waals surface area contributed by atoms with Crippen molar-refractivity contribution < 1.29 is 34.4 Å². The van der Waals surface area contributed by atoms with E-state index in [-0.39, 0.29) is 47.9 Å². The van der Waals surface area contributed by atoms with Crippen molar-refractivity contribution >= 4 is 27.7 Å². The van der Waals surface area contributed by atoms with Crippen molar-refractivity contribution in [3.8, 4) is 22.4 Å². The number of aryl methyl sites for hydroxylation is 3. The number of fused-ring (bicyclic) bond motifs is 2. The van der Waals surface area contributed by atoms with Gasteiger partial charge in [-0.3, -0.25) is 9.78 Å². The van der Waals surface area contributed by atoms with E-state index in [0.717, 1.165) is 71.0 Å². The molecule has 5 rings (SSSR count). The minimum atomic E-state index is -0.337. The molecular formula is C49H64IrNO3-. The van der Waals surface area contributed by atoms with Gasteiger partial charge in [-0.25, -0.2) is 0 Å². The first-order valence-corrected chi connectivity index (χ1v) is 19.7. The molecule has 0 aliphatic heterocycles. The molecule has 293 valence electrons. The van der Waals surface area contributed by atoms with Crippen molar-refractivity contribution in [3.63, 3.8) is 0 Å². The zero-order valence-corrected chi connectivity index (χ0v) is 37.8. The van der Waals surface area contributed by atoms with E-state index >= 15 is 0 Å². The van der Waals surface area contributed by atoms with Crippen LogP contribution in [0.1, 0.15) is 130 Å². The number of rotatable bonds is 11. The summed E-state index contributed by atoms with van der Waals surface area (Å²) in [7, 11) is 0. The number of hydrogen-bond donors (Lipinski definition) is 1. The van der Waals surface area contributed by atoms with E-state index in [1.165, 1.54) is 39.3 Å². The molecule has 5 aromatic rings. The second-order valence-corrected chi connectivity index (χ2v) is 17.2. The number of allylic oxidation sites excluding steroid dienone is 2. The number of carbonyl (C=O) groups excluding carboxylic acids is 1. The summed E-state index contributed by atoms with van der Waals surface area (Å²) < 4.78 is 6.11. The predicted molar refractivity (Wildman–Crippen MR) is 226 cm³/mol. The largest absolute Gasteiger partial charge is 0.512 e. The number of furan rings is 1. The molecule has 0 saturated heterocycles. The minimum absolute atomic E-state index is 0. The maximum absolute atomic E-state index is 12.2. The second kappa shape index (κ2) is 17.9. The third-order valence-corrected chi connectivity index (χ3v) is 11.7. The first kappa shape index (κ1) is 44.9. The molecular weight excluding hydrogens is 843 g/mol. The zero-order valence-electron chi connectivity index (χ0n) is 35.4. The predicted octanol–water partition coefficient (Wildman–Crippen LogP) is 14.2. The first-order valence-electron chi connectivity index (χ1n) is 19.7. The van der Waals surface area contributed by atoms with Crippen LogP contribution < -0.4 is 0 Å². The van der Waals surface area contributed by atoms with Crippen LogP contribution in [0.3, 0.4) is 0 Å². The molecule has 0 fully saturated rings. The number of hydrogen-bond acceptors (Lipinski definition) is 4. The van der Waals surface area contributed by atoms with Gasteiger partial charge in [-0.2, -0.15) is 0 Å². The van der Waals surface area contributed by atoms with Crippen LogP contribution in [-0.2, 0) is 36.7 Å². The summed E-state index contributed by atoms with van der Waals surface area (Å²) in [4.78, 5) is 17.3. The third-order valence-electron chi connectivity index (χ3n) is 11.7. The number of ketones is 1. The average Bonchev–Trinajstić information content (AvgIpc) is 3.49. The van der Waals surface area contributed by atoms with Crippen LogP contribution in [0.4, 0.5) is 0 Å². The van der Waals surface area contributed by atoms with Crippen molar-refractivity contribution in [3.05, 3.63) is 101 Å². The molecule has 0 aliphatic rings. The number of aliphatic hydroxyl groups excluding tert-OH is 1. The standard InChI is InChI=1S/C34H36NO.C15H28O2.Ir/c1-20(2)13-24-14-21(3)31(22(4)15-24)28-18-30(35-32-23(5)19-36-33(28)32)26-16-25-11-9-10-12-27(25)29(17-26)34(6,7)8;1-7-14(5,8-2)12(16)11-13(17)15(6,9-3)10-4;/h9-12,14-15,17-20H,13H2,1-8H3;11,16H,7-10H2,1-6H3;/q-1;;/b;12-11-;. The molecule has 0 aliphatic carbocycles. The Morgan fingerprint density at radius 2 is 1.43 bits per heavy atom. The van der Waals surface area contributed by atoms with Gasteiger partial charge in [0.05, 0.1) is 6.26 Å². The van der Waals surface area contributed by atoms with E-state index in [0.29, 0.717) is 5.92 Å². The monoisotopic (exact) mass is 907 g/mol. The molecule has 0 amide bonds. The maximum atomic E-state index is 12.2. The van der Waals surface area contributed by atoms with Gasteiger partial charge in [-0.05, 0) is 86.5 Å². The third kappa shape index (κ3) is 9.63. The van der Waals surface area contributed by atoms with Crippen LogP contribution >= 0.6 is 0 Å². The van der Waals surface area contributed by atoms with Crippen molar-refractivity contribution in [1.29, 1.82) is 0 Å². The van der Waals surface area contributed by atoms with Gasteiger partial charge in [0.15, 0.2) is 11.4 Å². The summed E-state index contributed by atoms with van der Waals surface area (Å²) in [6, 6.07) is 21.4. The van der Waals surface area contributed by atoms with Gasteiger partial charge in [0, 0.05) is 53.8 Å². The Hall–Kier alpha value is -3.53. The molecule has 4 nitrogen and oxygen atoms in total. The molecule has 0 saturated carbocycles. The van der Waals surface area contributed by atoms with Crippen molar-refractivity contribution in [2.45, 2.75) is 134 Å². The minimum Gasteiger partial charge on any atom is -0.512 e. The van der Waals surface area contributed by atoms with E-state index in [4.69, 9.17) is 9.40 Å². The van der Waals surface area contributed by atoms with E-state index in [1.807, 2.05) is 47.8 Å². The van der Waals surface area contributed by atoms with Crippen molar-refractivity contribution in [2.75, 3.05) is 0 Å². The van der Waals surface area contributed by atoms with Gasteiger partial charge >= 0.3 is 0 Å². The molecule has 1 radical (unpaired) electrons. The molecule has 0 unspecified atom stereocenters.